The zero-order chi connectivity index (χ0) is 16.1. The van der Waals surface area contributed by atoms with Gasteiger partial charge in [-0.3, -0.25) is 4.79 Å². The molecule has 3 aromatic rings. The average molecular weight is 309 g/mol. The molecule has 0 bridgehead atoms. The number of rotatable bonds is 5. The molecule has 0 fully saturated rings. The fourth-order valence-electron chi connectivity index (χ4n) is 2.08. The Bertz CT molecular complexity index is 767. The van der Waals surface area contributed by atoms with Crippen molar-refractivity contribution in [3.8, 4) is 17.1 Å². The van der Waals surface area contributed by atoms with Gasteiger partial charge in [-0.25, -0.2) is 0 Å². The van der Waals surface area contributed by atoms with E-state index in [1.807, 2.05) is 24.3 Å². The first-order chi connectivity index (χ1) is 11.3. The van der Waals surface area contributed by atoms with E-state index < -0.39 is 0 Å². The number of hydrogen-bond donors (Lipinski definition) is 2. The molecule has 0 unspecified atom stereocenters. The van der Waals surface area contributed by atoms with Crippen molar-refractivity contribution in [3.63, 3.8) is 0 Å². The molecule has 7 heteroatoms. The Morgan fingerprint density at radius 2 is 1.87 bits per heavy atom. The topological polar surface area (TPSA) is 92.8 Å². The van der Waals surface area contributed by atoms with E-state index in [-0.39, 0.29) is 5.91 Å². The van der Waals surface area contributed by atoms with Gasteiger partial charge in [0.25, 0.3) is 5.91 Å². The predicted octanol–water partition coefficient (Wildman–Crippen LogP) is 1.81. The van der Waals surface area contributed by atoms with Crippen LogP contribution in [-0.4, -0.2) is 33.6 Å². The third kappa shape index (κ3) is 3.52. The van der Waals surface area contributed by atoms with Crippen LogP contribution in [0.4, 0.5) is 0 Å². The molecule has 23 heavy (non-hydrogen) atoms. The summed E-state index contributed by atoms with van der Waals surface area (Å²) in [6.07, 6.45) is 0. The summed E-state index contributed by atoms with van der Waals surface area (Å²) in [5.41, 5.74) is 2.37. The van der Waals surface area contributed by atoms with Crippen LogP contribution in [0.5, 0.6) is 5.75 Å². The van der Waals surface area contributed by atoms with E-state index in [1.165, 1.54) is 0 Å². The highest BCUT2D eigenvalue weighted by Crippen LogP contribution is 2.14. The lowest BCUT2D eigenvalue weighted by atomic mass is 10.1. The van der Waals surface area contributed by atoms with Crippen LogP contribution in [0, 0.1) is 0 Å². The number of tetrazole rings is 1. The van der Waals surface area contributed by atoms with Gasteiger partial charge in [-0.15, -0.1) is 10.2 Å². The van der Waals surface area contributed by atoms with Crippen LogP contribution in [0.15, 0.2) is 48.5 Å². The molecule has 7 nitrogen and oxygen atoms in total. The van der Waals surface area contributed by atoms with Gasteiger partial charge in [0.15, 0.2) is 0 Å². The maximum Gasteiger partial charge on any atom is 0.251 e. The van der Waals surface area contributed by atoms with Gasteiger partial charge in [-0.2, -0.15) is 5.21 Å². The largest absolute Gasteiger partial charge is 0.497 e. The number of nitrogens with one attached hydrogen (secondary N) is 2. The van der Waals surface area contributed by atoms with Crippen molar-refractivity contribution >= 4 is 5.91 Å². The lowest BCUT2D eigenvalue weighted by Crippen LogP contribution is -2.22. The van der Waals surface area contributed by atoms with E-state index >= 15 is 0 Å². The maximum atomic E-state index is 12.2. The Hall–Kier alpha value is -3.22. The number of methoxy groups -OCH3 is 1. The number of ether oxygens (including phenoxy) is 1. The summed E-state index contributed by atoms with van der Waals surface area (Å²) in [6.45, 7) is 0.454. The molecule has 116 valence electrons. The van der Waals surface area contributed by atoms with E-state index in [0.29, 0.717) is 17.9 Å². The van der Waals surface area contributed by atoms with Gasteiger partial charge in [0.05, 0.1) is 7.11 Å². The van der Waals surface area contributed by atoms with Crippen molar-refractivity contribution in [2.75, 3.05) is 7.11 Å². The van der Waals surface area contributed by atoms with Crippen LogP contribution < -0.4 is 10.1 Å². The zero-order valence-electron chi connectivity index (χ0n) is 12.5. The fraction of sp³-hybridized carbons (Fsp3) is 0.125. The Labute approximate surface area is 132 Å². The molecule has 0 saturated heterocycles. The number of carbonyl (C=O) groups excluding carboxylic acids is 1. The second-order valence-electron chi connectivity index (χ2n) is 4.84. The average Bonchev–Trinajstić information content (AvgIpc) is 3.15. The van der Waals surface area contributed by atoms with Crippen molar-refractivity contribution in [3.05, 3.63) is 59.7 Å². The summed E-state index contributed by atoms with van der Waals surface area (Å²) in [4.78, 5) is 12.2. The van der Waals surface area contributed by atoms with Gasteiger partial charge in [0.1, 0.15) is 5.75 Å². The summed E-state index contributed by atoms with van der Waals surface area (Å²) in [6, 6.07) is 14.6. The molecule has 0 saturated carbocycles. The Morgan fingerprint density at radius 3 is 2.48 bits per heavy atom. The summed E-state index contributed by atoms with van der Waals surface area (Å²) < 4.78 is 5.10. The standard InChI is InChI=1S/C16H15N5O2/c1-23-14-8-2-11(3-9-14)10-17-16(22)13-6-4-12(5-7-13)15-18-20-21-19-15/h2-9H,10H2,1H3,(H,17,22)(H,18,19,20,21). The number of carbonyl (C=O) groups is 1. The summed E-state index contributed by atoms with van der Waals surface area (Å²) >= 11 is 0. The van der Waals surface area contributed by atoms with Gasteiger partial charge in [0, 0.05) is 17.7 Å². The summed E-state index contributed by atoms with van der Waals surface area (Å²) in [5, 5.41) is 16.6. The molecule has 0 radical (unpaired) electrons. The first-order valence-electron chi connectivity index (χ1n) is 7.01. The van der Waals surface area contributed by atoms with Crippen molar-refractivity contribution < 1.29 is 9.53 Å². The van der Waals surface area contributed by atoms with E-state index in [2.05, 4.69) is 25.9 Å². The molecule has 1 heterocycles. The minimum absolute atomic E-state index is 0.138. The van der Waals surface area contributed by atoms with Crippen molar-refractivity contribution in [2.24, 2.45) is 0 Å². The van der Waals surface area contributed by atoms with Crippen LogP contribution >= 0.6 is 0 Å². The van der Waals surface area contributed by atoms with Gasteiger partial charge >= 0.3 is 0 Å². The number of nitrogens with zero attached hydrogens (tertiary/aromatic N) is 3. The second kappa shape index (κ2) is 6.69. The number of aromatic nitrogens is 4. The molecular weight excluding hydrogens is 294 g/mol. The minimum atomic E-state index is -0.138. The normalized spacial score (nSPS) is 10.3. The van der Waals surface area contributed by atoms with Crippen molar-refractivity contribution in [1.29, 1.82) is 0 Å². The van der Waals surface area contributed by atoms with E-state index in [0.717, 1.165) is 16.9 Å². The molecule has 2 aromatic carbocycles. The van der Waals surface area contributed by atoms with Crippen LogP contribution in [-0.2, 0) is 6.54 Å². The quantitative estimate of drug-likeness (QED) is 0.749. The first-order valence-corrected chi connectivity index (χ1v) is 7.01. The third-order valence-corrected chi connectivity index (χ3v) is 3.36. The van der Waals surface area contributed by atoms with Crippen LogP contribution in [0.25, 0.3) is 11.4 Å². The first kappa shape index (κ1) is 14.7. The second-order valence-corrected chi connectivity index (χ2v) is 4.84. The van der Waals surface area contributed by atoms with Gasteiger partial charge in [-0.1, -0.05) is 24.3 Å². The number of benzene rings is 2. The minimum Gasteiger partial charge on any atom is -0.497 e. The number of amides is 1. The van der Waals surface area contributed by atoms with Gasteiger partial charge in [0.2, 0.25) is 5.82 Å². The highest BCUT2D eigenvalue weighted by atomic mass is 16.5. The molecule has 3 rings (SSSR count). The molecular formula is C16H15N5O2. The Balaban J connectivity index is 1.61. The Kier molecular flexibility index (Phi) is 4.28. The lowest BCUT2D eigenvalue weighted by molar-refractivity contribution is 0.0951. The lowest BCUT2D eigenvalue weighted by Gasteiger charge is -2.07. The number of aromatic amines is 1. The van der Waals surface area contributed by atoms with Crippen LogP contribution in [0.2, 0.25) is 0 Å². The zero-order valence-corrected chi connectivity index (χ0v) is 12.5. The molecule has 0 aliphatic heterocycles. The number of hydrogen-bond acceptors (Lipinski definition) is 5. The SMILES string of the molecule is COc1ccc(CNC(=O)c2ccc(-c3nn[nH]n3)cc2)cc1. The van der Waals surface area contributed by atoms with E-state index in [9.17, 15) is 4.79 Å². The highest BCUT2D eigenvalue weighted by molar-refractivity contribution is 5.94. The smallest absolute Gasteiger partial charge is 0.251 e. The van der Waals surface area contributed by atoms with Crippen molar-refractivity contribution in [1.82, 2.24) is 25.9 Å². The maximum absolute atomic E-state index is 12.2. The number of H-pyrrole nitrogens is 1. The highest BCUT2D eigenvalue weighted by Gasteiger charge is 2.07. The predicted molar refractivity (Wildman–Crippen MR) is 83.8 cm³/mol. The van der Waals surface area contributed by atoms with Crippen LogP contribution in [0.1, 0.15) is 15.9 Å². The molecule has 1 amide bonds. The van der Waals surface area contributed by atoms with Gasteiger partial charge in [-0.05, 0) is 35.0 Å². The summed E-state index contributed by atoms with van der Waals surface area (Å²) in [7, 11) is 1.62. The monoisotopic (exact) mass is 309 g/mol. The molecule has 2 N–H and O–H groups in total. The Morgan fingerprint density at radius 1 is 1.13 bits per heavy atom. The fourth-order valence-corrected chi connectivity index (χ4v) is 2.08. The van der Waals surface area contributed by atoms with Crippen molar-refractivity contribution in [2.45, 2.75) is 6.54 Å². The molecule has 0 atom stereocenters. The van der Waals surface area contributed by atoms with Gasteiger partial charge < -0.3 is 10.1 Å². The van der Waals surface area contributed by atoms with E-state index in [1.54, 1.807) is 31.4 Å². The molecule has 0 aliphatic rings. The molecule has 1 aromatic heterocycles. The molecule has 0 spiro atoms. The third-order valence-electron chi connectivity index (χ3n) is 3.36. The van der Waals surface area contributed by atoms with Crippen LogP contribution in [0.3, 0.4) is 0 Å². The molecule has 0 aliphatic carbocycles. The summed E-state index contributed by atoms with van der Waals surface area (Å²) in [5.74, 6) is 1.15. The van der Waals surface area contributed by atoms with E-state index in [4.69, 9.17) is 4.74 Å².